The molecule has 0 aliphatic carbocycles. The second-order valence-corrected chi connectivity index (χ2v) is 10.2. The molecule has 9 heteroatoms. The molecule has 2 aromatic rings. The fourth-order valence-corrected chi connectivity index (χ4v) is 5.50. The van der Waals surface area contributed by atoms with Crippen LogP contribution >= 0.6 is 11.3 Å². The van der Waals surface area contributed by atoms with E-state index in [9.17, 15) is 13.2 Å². The first-order chi connectivity index (χ1) is 13.8. The van der Waals surface area contributed by atoms with Crippen LogP contribution in [0.5, 0.6) is 0 Å². The molecule has 1 N–H and O–H groups in total. The summed E-state index contributed by atoms with van der Waals surface area (Å²) in [5.74, 6) is 0.108. The molecule has 0 spiro atoms. The van der Waals surface area contributed by atoms with Crippen LogP contribution in [-0.2, 0) is 21.4 Å². The molecule has 0 saturated carbocycles. The molecule has 1 aromatic heterocycles. The molecule has 7 nitrogen and oxygen atoms in total. The molecule has 3 rings (SSSR count). The van der Waals surface area contributed by atoms with Crippen molar-refractivity contribution in [1.29, 1.82) is 5.26 Å². The molecule has 1 aliphatic rings. The Morgan fingerprint density at radius 3 is 2.52 bits per heavy atom. The lowest BCUT2D eigenvalue weighted by molar-refractivity contribution is -0.126. The number of nitrogens with zero attached hydrogens (tertiary/aromatic N) is 3. The van der Waals surface area contributed by atoms with Crippen LogP contribution in [-0.4, -0.2) is 36.7 Å². The Bertz CT molecular complexity index is 999. The summed E-state index contributed by atoms with van der Waals surface area (Å²) in [5.41, 5.74) is 1.27. The van der Waals surface area contributed by atoms with E-state index < -0.39 is 10.0 Å². The Balaban J connectivity index is 1.53. The molecule has 1 fully saturated rings. The van der Waals surface area contributed by atoms with E-state index in [1.54, 1.807) is 11.3 Å². The molecule has 0 radical (unpaired) electrons. The smallest absolute Gasteiger partial charge is 0.243 e. The Labute approximate surface area is 175 Å². The predicted molar refractivity (Wildman–Crippen MR) is 111 cm³/mol. The van der Waals surface area contributed by atoms with Gasteiger partial charge in [-0.2, -0.15) is 9.57 Å². The first-order valence-electron chi connectivity index (χ1n) is 9.53. The predicted octanol–water partition coefficient (Wildman–Crippen LogP) is 2.86. The number of amides is 1. The molecule has 0 bridgehead atoms. The monoisotopic (exact) mass is 432 g/mol. The van der Waals surface area contributed by atoms with Crippen molar-refractivity contribution in [2.75, 3.05) is 13.1 Å². The quantitative estimate of drug-likeness (QED) is 0.756. The third-order valence-electron chi connectivity index (χ3n) is 4.95. The maximum atomic E-state index is 12.8. The largest absolute Gasteiger partial charge is 0.350 e. The summed E-state index contributed by atoms with van der Waals surface area (Å²) in [6.07, 6.45) is 0.964. The van der Waals surface area contributed by atoms with Crippen molar-refractivity contribution in [3.05, 3.63) is 45.9 Å². The summed E-state index contributed by atoms with van der Waals surface area (Å²) in [6, 6.07) is 7.87. The number of nitriles is 1. The van der Waals surface area contributed by atoms with E-state index in [0.717, 1.165) is 10.7 Å². The Morgan fingerprint density at radius 1 is 1.31 bits per heavy atom. The van der Waals surface area contributed by atoms with Crippen LogP contribution in [0.25, 0.3) is 0 Å². The van der Waals surface area contributed by atoms with E-state index in [2.05, 4.69) is 24.1 Å². The van der Waals surface area contributed by atoms with E-state index in [-0.39, 0.29) is 16.7 Å². The molecule has 0 atom stereocenters. The van der Waals surface area contributed by atoms with Crippen LogP contribution in [0.2, 0.25) is 0 Å². The standard InChI is InChI=1S/C20H24N4O3S2/c1-14(2)20-23-17(13-28-20)12-22-19(25)16-7-9-24(10-8-16)29(26,27)18-5-3-15(11-21)4-6-18/h3-6,13-14,16H,7-10,12H2,1-2H3,(H,22,25). The average molecular weight is 433 g/mol. The zero-order valence-corrected chi connectivity index (χ0v) is 18.1. The lowest BCUT2D eigenvalue weighted by Gasteiger charge is -2.30. The van der Waals surface area contributed by atoms with Crippen LogP contribution in [0.15, 0.2) is 34.5 Å². The zero-order valence-electron chi connectivity index (χ0n) is 16.5. The highest BCUT2D eigenvalue weighted by molar-refractivity contribution is 7.89. The van der Waals surface area contributed by atoms with E-state index in [0.29, 0.717) is 44.0 Å². The van der Waals surface area contributed by atoms with Gasteiger partial charge in [-0.25, -0.2) is 13.4 Å². The van der Waals surface area contributed by atoms with E-state index in [1.807, 2.05) is 11.4 Å². The van der Waals surface area contributed by atoms with E-state index in [4.69, 9.17) is 5.26 Å². The number of carbonyl (C=O) groups excluding carboxylic acids is 1. The second kappa shape index (κ2) is 9.03. The molecular weight excluding hydrogens is 408 g/mol. The van der Waals surface area contributed by atoms with Crippen molar-refractivity contribution in [3.63, 3.8) is 0 Å². The number of rotatable bonds is 6. The van der Waals surface area contributed by atoms with Crippen molar-refractivity contribution in [1.82, 2.24) is 14.6 Å². The second-order valence-electron chi connectivity index (χ2n) is 7.36. The molecule has 1 amide bonds. The van der Waals surface area contributed by atoms with Gasteiger partial charge in [-0.1, -0.05) is 13.8 Å². The highest BCUT2D eigenvalue weighted by Gasteiger charge is 2.32. The maximum absolute atomic E-state index is 12.8. The van der Waals surface area contributed by atoms with Gasteiger partial charge in [0, 0.05) is 30.3 Å². The van der Waals surface area contributed by atoms with Crippen LogP contribution in [0, 0.1) is 17.2 Å². The molecule has 2 heterocycles. The van der Waals surface area contributed by atoms with E-state index in [1.165, 1.54) is 28.6 Å². The Kier molecular flexibility index (Phi) is 6.67. The normalized spacial score (nSPS) is 15.9. The minimum absolute atomic E-state index is 0.0560. The van der Waals surface area contributed by atoms with Crippen LogP contribution in [0.1, 0.15) is 48.9 Å². The first-order valence-corrected chi connectivity index (χ1v) is 11.9. The van der Waals surface area contributed by atoms with Crippen molar-refractivity contribution in [2.24, 2.45) is 5.92 Å². The molecule has 0 unspecified atom stereocenters. The van der Waals surface area contributed by atoms with Gasteiger partial charge in [-0.3, -0.25) is 4.79 Å². The molecule has 29 heavy (non-hydrogen) atoms. The minimum Gasteiger partial charge on any atom is -0.350 e. The number of carbonyl (C=O) groups is 1. The van der Waals surface area contributed by atoms with Crippen molar-refractivity contribution in [2.45, 2.75) is 44.0 Å². The Hall–Kier alpha value is -2.28. The first kappa shape index (κ1) is 21.4. The fraction of sp³-hybridized carbons (Fsp3) is 0.450. The summed E-state index contributed by atoms with van der Waals surface area (Å²) in [4.78, 5) is 17.2. The van der Waals surface area contributed by atoms with Crippen molar-refractivity contribution >= 4 is 27.3 Å². The minimum atomic E-state index is -3.61. The summed E-state index contributed by atoms with van der Waals surface area (Å²) in [6.45, 7) is 5.16. The third-order valence-corrected chi connectivity index (χ3v) is 8.06. The Morgan fingerprint density at radius 2 is 1.97 bits per heavy atom. The molecular formula is C20H24N4O3S2. The summed E-state index contributed by atoms with van der Waals surface area (Å²) in [7, 11) is -3.61. The van der Waals surface area contributed by atoms with Gasteiger partial charge in [-0.05, 0) is 37.1 Å². The van der Waals surface area contributed by atoms with Crippen LogP contribution in [0.3, 0.4) is 0 Å². The number of hydrogen-bond acceptors (Lipinski definition) is 6. The fourth-order valence-electron chi connectivity index (χ4n) is 3.20. The van der Waals surface area contributed by atoms with Crippen LogP contribution in [0.4, 0.5) is 0 Å². The highest BCUT2D eigenvalue weighted by Crippen LogP contribution is 2.24. The lowest BCUT2D eigenvalue weighted by atomic mass is 9.97. The van der Waals surface area contributed by atoms with Gasteiger partial charge in [0.05, 0.1) is 33.8 Å². The molecule has 1 aliphatic heterocycles. The average Bonchev–Trinajstić information content (AvgIpc) is 3.21. The number of sulfonamides is 1. The van der Waals surface area contributed by atoms with Gasteiger partial charge in [0.25, 0.3) is 0 Å². The number of hydrogen-bond donors (Lipinski definition) is 1. The van der Waals surface area contributed by atoms with Gasteiger partial charge in [0.2, 0.25) is 15.9 Å². The van der Waals surface area contributed by atoms with Gasteiger partial charge in [0.15, 0.2) is 0 Å². The van der Waals surface area contributed by atoms with Gasteiger partial charge in [-0.15, -0.1) is 11.3 Å². The lowest BCUT2D eigenvalue weighted by Crippen LogP contribution is -2.42. The van der Waals surface area contributed by atoms with Gasteiger partial charge in [0.1, 0.15) is 0 Å². The zero-order chi connectivity index (χ0) is 21.0. The number of benzene rings is 1. The summed E-state index contributed by atoms with van der Waals surface area (Å²) >= 11 is 1.59. The van der Waals surface area contributed by atoms with Gasteiger partial charge < -0.3 is 5.32 Å². The molecule has 154 valence electrons. The van der Waals surface area contributed by atoms with Crippen LogP contribution < -0.4 is 5.32 Å². The van der Waals surface area contributed by atoms with Crippen molar-refractivity contribution < 1.29 is 13.2 Å². The molecule has 1 saturated heterocycles. The topological polar surface area (TPSA) is 103 Å². The third kappa shape index (κ3) is 5.01. The highest BCUT2D eigenvalue weighted by atomic mass is 32.2. The SMILES string of the molecule is CC(C)c1nc(CNC(=O)C2CCN(S(=O)(=O)c3ccc(C#N)cc3)CC2)cs1. The van der Waals surface area contributed by atoms with E-state index >= 15 is 0 Å². The number of aromatic nitrogens is 1. The summed E-state index contributed by atoms with van der Waals surface area (Å²) < 4.78 is 26.9. The molecule has 1 aromatic carbocycles. The number of thiazole rings is 1. The maximum Gasteiger partial charge on any atom is 0.243 e. The summed E-state index contributed by atoms with van der Waals surface area (Å²) in [5, 5.41) is 14.8. The van der Waals surface area contributed by atoms with Crippen molar-refractivity contribution in [3.8, 4) is 6.07 Å². The van der Waals surface area contributed by atoms with Gasteiger partial charge >= 0.3 is 0 Å². The number of piperidine rings is 1. The number of nitrogens with one attached hydrogen (secondary N) is 1.